The van der Waals surface area contributed by atoms with E-state index in [0.29, 0.717) is 0 Å². The van der Waals surface area contributed by atoms with Gasteiger partial charge in [-0.25, -0.2) is 0 Å². The molecule has 0 fully saturated rings. The molecule has 0 aromatic carbocycles. The Kier molecular flexibility index (Phi) is 7.75. The smallest absolute Gasteiger partial charge is 0.361 e. The Bertz CT molecular complexity index is 311. The van der Waals surface area contributed by atoms with Gasteiger partial charge in [-0.05, 0) is 20.4 Å². The summed E-state index contributed by atoms with van der Waals surface area (Å²) in [5, 5.41) is 0. The first-order valence-electron chi connectivity index (χ1n) is 7.22. The average Bonchev–Trinajstić information content (AvgIpc) is 2.24. The Balaban J connectivity index is 4.86. The number of hydrogen-bond donors (Lipinski definition) is 0. The van der Waals surface area contributed by atoms with Crippen molar-refractivity contribution in [3.63, 3.8) is 0 Å². The molecule has 0 aliphatic heterocycles. The zero-order chi connectivity index (χ0) is 15.2. The predicted octanol–water partition coefficient (Wildman–Crippen LogP) is 4.45. The number of rotatable bonds is 8. The summed E-state index contributed by atoms with van der Waals surface area (Å²) >= 11 is 0. The topological polar surface area (TPSA) is 18.5 Å². The molecule has 0 bridgehead atoms. The van der Waals surface area contributed by atoms with Gasteiger partial charge in [-0.1, -0.05) is 49.8 Å². The van der Waals surface area contributed by atoms with E-state index < -0.39 is 24.7 Å². The van der Waals surface area contributed by atoms with Gasteiger partial charge in [0.05, 0.1) is 16.1 Å². The van der Waals surface area contributed by atoms with Crippen LogP contribution in [-0.4, -0.2) is 37.9 Å². The van der Waals surface area contributed by atoms with Gasteiger partial charge < -0.3 is 8.85 Å². The molecule has 0 saturated heterocycles. The van der Waals surface area contributed by atoms with E-state index in [9.17, 15) is 0 Å². The quantitative estimate of drug-likeness (QED) is 0.616. The summed E-state index contributed by atoms with van der Waals surface area (Å²) in [7, 11) is -4.64. The molecule has 0 heterocycles. The van der Waals surface area contributed by atoms with Crippen LogP contribution in [0, 0.1) is 0 Å². The van der Waals surface area contributed by atoms with Crippen molar-refractivity contribution in [3.05, 3.63) is 22.8 Å². The first kappa shape index (κ1) is 19.1. The van der Waals surface area contributed by atoms with Crippen molar-refractivity contribution < 1.29 is 8.85 Å². The number of hydrogen-bond acceptors (Lipinski definition) is 2. The van der Waals surface area contributed by atoms with Crippen molar-refractivity contribution in [1.82, 2.24) is 0 Å². The molecule has 5 heteroatoms. The van der Waals surface area contributed by atoms with Crippen molar-refractivity contribution in [3.8, 4) is 0 Å². The van der Waals surface area contributed by atoms with Gasteiger partial charge in [0.1, 0.15) is 0 Å². The van der Waals surface area contributed by atoms with Crippen molar-refractivity contribution in [2.24, 2.45) is 0 Å². The molecule has 0 saturated carbocycles. The standard InChI is InChI=1S/C14H32O2Si3/c1-9-15-19(8,16-10-2)14-13-18(6,7)12-11-17(3,4)5/h11-14H,9-10H2,1-8H3. The summed E-state index contributed by atoms with van der Waals surface area (Å²) in [6.07, 6.45) is 0. The molecule has 0 aliphatic rings. The SMILES string of the molecule is CCO[Si](C)(C=C[Si](C)(C)C=C[Si](C)(C)C)OCC. The Morgan fingerprint density at radius 3 is 1.47 bits per heavy atom. The van der Waals surface area contributed by atoms with E-state index in [2.05, 4.69) is 62.1 Å². The van der Waals surface area contributed by atoms with E-state index in [4.69, 9.17) is 8.85 Å². The van der Waals surface area contributed by atoms with Crippen molar-refractivity contribution in [2.75, 3.05) is 13.2 Å². The fraction of sp³-hybridized carbons (Fsp3) is 0.714. The summed E-state index contributed by atoms with van der Waals surface area (Å²) in [4.78, 5) is 0. The molecule has 0 rings (SSSR count). The first-order chi connectivity index (χ1) is 8.54. The van der Waals surface area contributed by atoms with Crippen LogP contribution in [0.4, 0.5) is 0 Å². The molecule has 0 amide bonds. The van der Waals surface area contributed by atoms with E-state index in [1.807, 2.05) is 13.8 Å². The lowest BCUT2D eigenvalue weighted by atomic mass is 10.9. The van der Waals surface area contributed by atoms with Gasteiger partial charge in [-0.2, -0.15) is 0 Å². The second-order valence-electron chi connectivity index (χ2n) is 6.74. The Hall–Kier alpha value is 0.0506. The maximum Gasteiger partial charge on any atom is 0.361 e. The Labute approximate surface area is 123 Å². The molecular weight excluding hydrogens is 284 g/mol. The van der Waals surface area contributed by atoms with Gasteiger partial charge in [0.25, 0.3) is 0 Å². The van der Waals surface area contributed by atoms with Crippen molar-refractivity contribution >= 4 is 24.7 Å². The third kappa shape index (κ3) is 9.56. The van der Waals surface area contributed by atoms with Crippen LogP contribution in [0.1, 0.15) is 13.8 Å². The van der Waals surface area contributed by atoms with Crippen LogP contribution in [0.3, 0.4) is 0 Å². The van der Waals surface area contributed by atoms with Crippen LogP contribution < -0.4 is 0 Å². The summed E-state index contributed by atoms with van der Waals surface area (Å²) in [6, 6.07) is 0. The zero-order valence-electron chi connectivity index (χ0n) is 14.0. The second-order valence-corrected chi connectivity index (χ2v) is 19.1. The van der Waals surface area contributed by atoms with Crippen LogP contribution in [0.2, 0.25) is 39.3 Å². The summed E-state index contributed by atoms with van der Waals surface area (Å²) in [6.45, 7) is 19.5. The first-order valence-corrected chi connectivity index (χ1v) is 16.3. The average molecular weight is 317 g/mol. The third-order valence-electron chi connectivity index (χ3n) is 2.69. The monoisotopic (exact) mass is 316 g/mol. The van der Waals surface area contributed by atoms with Gasteiger partial charge in [0.2, 0.25) is 0 Å². The van der Waals surface area contributed by atoms with Gasteiger partial charge in [0.15, 0.2) is 0 Å². The lowest BCUT2D eigenvalue weighted by molar-refractivity contribution is 0.201. The fourth-order valence-electron chi connectivity index (χ4n) is 1.60. The van der Waals surface area contributed by atoms with E-state index in [0.717, 1.165) is 13.2 Å². The summed E-state index contributed by atoms with van der Waals surface area (Å²) in [5.41, 5.74) is 9.54. The zero-order valence-corrected chi connectivity index (χ0v) is 17.0. The second kappa shape index (κ2) is 7.73. The Morgan fingerprint density at radius 2 is 1.11 bits per heavy atom. The van der Waals surface area contributed by atoms with Gasteiger partial charge in [0, 0.05) is 13.2 Å². The minimum atomic E-state index is -2.10. The molecular formula is C14H32O2Si3. The highest BCUT2D eigenvalue weighted by Gasteiger charge is 2.28. The summed E-state index contributed by atoms with van der Waals surface area (Å²) < 4.78 is 11.7. The van der Waals surface area contributed by atoms with E-state index in [1.165, 1.54) is 0 Å². The van der Waals surface area contributed by atoms with E-state index >= 15 is 0 Å². The van der Waals surface area contributed by atoms with Gasteiger partial charge in [-0.15, -0.1) is 5.70 Å². The lowest BCUT2D eigenvalue weighted by Gasteiger charge is -2.24. The minimum Gasteiger partial charge on any atom is -0.392 e. The largest absolute Gasteiger partial charge is 0.392 e. The molecule has 0 aliphatic carbocycles. The molecule has 19 heavy (non-hydrogen) atoms. The highest BCUT2D eigenvalue weighted by atomic mass is 28.4. The van der Waals surface area contributed by atoms with Crippen LogP contribution in [-0.2, 0) is 8.85 Å². The van der Waals surface area contributed by atoms with Gasteiger partial charge >= 0.3 is 8.56 Å². The molecule has 112 valence electrons. The normalized spacial score (nSPS) is 14.7. The highest BCUT2D eigenvalue weighted by molar-refractivity contribution is 6.90. The molecule has 0 aromatic heterocycles. The molecule has 0 unspecified atom stereocenters. The maximum absolute atomic E-state index is 5.85. The van der Waals surface area contributed by atoms with Crippen LogP contribution >= 0.6 is 0 Å². The molecule has 0 aromatic rings. The fourth-order valence-corrected chi connectivity index (χ4v) is 9.78. The predicted molar refractivity (Wildman–Crippen MR) is 94.0 cm³/mol. The van der Waals surface area contributed by atoms with Crippen molar-refractivity contribution in [1.29, 1.82) is 0 Å². The maximum atomic E-state index is 5.85. The molecule has 0 N–H and O–H groups in total. The van der Waals surface area contributed by atoms with Crippen LogP contribution in [0.5, 0.6) is 0 Å². The Morgan fingerprint density at radius 1 is 0.684 bits per heavy atom. The molecule has 0 radical (unpaired) electrons. The van der Waals surface area contributed by atoms with E-state index in [1.54, 1.807) is 0 Å². The lowest BCUT2D eigenvalue weighted by Crippen LogP contribution is -2.38. The summed E-state index contributed by atoms with van der Waals surface area (Å²) in [5.74, 6) is 0. The minimum absolute atomic E-state index is 0.722. The van der Waals surface area contributed by atoms with E-state index in [-0.39, 0.29) is 0 Å². The van der Waals surface area contributed by atoms with Crippen LogP contribution in [0.25, 0.3) is 0 Å². The molecule has 0 spiro atoms. The molecule has 2 nitrogen and oxygen atoms in total. The van der Waals surface area contributed by atoms with Crippen molar-refractivity contribution in [2.45, 2.75) is 53.1 Å². The molecule has 0 atom stereocenters. The highest BCUT2D eigenvalue weighted by Crippen LogP contribution is 2.15. The third-order valence-corrected chi connectivity index (χ3v) is 9.07. The van der Waals surface area contributed by atoms with Gasteiger partial charge in [-0.3, -0.25) is 0 Å². The van der Waals surface area contributed by atoms with Crippen LogP contribution in [0.15, 0.2) is 22.8 Å².